The van der Waals surface area contributed by atoms with Crippen LogP contribution >= 0.6 is 0 Å². The van der Waals surface area contributed by atoms with Crippen LogP contribution in [0.25, 0.3) is 16.5 Å². The number of anilines is 1. The second-order valence-corrected chi connectivity index (χ2v) is 9.59. The molecule has 0 bridgehead atoms. The normalized spacial score (nSPS) is 15.1. The van der Waals surface area contributed by atoms with Gasteiger partial charge in [0.25, 0.3) is 10.0 Å². The molecule has 32 heavy (non-hydrogen) atoms. The first-order chi connectivity index (χ1) is 15.4. The molecule has 0 saturated carbocycles. The van der Waals surface area contributed by atoms with Crippen LogP contribution in [-0.4, -0.2) is 47.6 Å². The van der Waals surface area contributed by atoms with Gasteiger partial charge in [-0.2, -0.15) is 5.10 Å². The van der Waals surface area contributed by atoms with E-state index in [1.807, 2.05) is 49.4 Å². The summed E-state index contributed by atoms with van der Waals surface area (Å²) in [5, 5.41) is 5.62. The highest BCUT2D eigenvalue weighted by atomic mass is 32.2. The van der Waals surface area contributed by atoms with Crippen LogP contribution in [0.3, 0.4) is 0 Å². The number of hydrogen-bond donors (Lipinski definition) is 0. The van der Waals surface area contributed by atoms with E-state index in [0.29, 0.717) is 11.1 Å². The molecule has 0 fully saturated rings. The van der Waals surface area contributed by atoms with Crippen molar-refractivity contribution in [2.45, 2.75) is 17.9 Å². The SMILES string of the molecule is CC(c1ccc(-n2cncn2)cc1)N(C)C(=O)CN1c2cccc3cccc(c23)S1(=O)=O. The molecule has 1 aromatic heterocycles. The van der Waals surface area contributed by atoms with Crippen LogP contribution in [0.1, 0.15) is 18.5 Å². The molecule has 0 saturated heterocycles. The number of aromatic nitrogens is 3. The fourth-order valence-electron chi connectivity index (χ4n) is 4.05. The fraction of sp³-hybridized carbons (Fsp3) is 0.174. The van der Waals surface area contributed by atoms with Crippen molar-refractivity contribution in [3.63, 3.8) is 0 Å². The summed E-state index contributed by atoms with van der Waals surface area (Å²) in [7, 11) is -2.09. The third kappa shape index (κ3) is 3.13. The van der Waals surface area contributed by atoms with Crippen molar-refractivity contribution in [3.05, 3.63) is 78.9 Å². The Balaban J connectivity index is 1.38. The zero-order chi connectivity index (χ0) is 22.5. The maximum Gasteiger partial charge on any atom is 0.265 e. The van der Waals surface area contributed by atoms with Gasteiger partial charge in [0.15, 0.2) is 0 Å². The molecule has 1 amide bonds. The van der Waals surface area contributed by atoms with E-state index in [9.17, 15) is 13.2 Å². The van der Waals surface area contributed by atoms with Gasteiger partial charge in [-0.05, 0) is 42.1 Å². The van der Waals surface area contributed by atoms with Crippen molar-refractivity contribution in [1.82, 2.24) is 19.7 Å². The Morgan fingerprint density at radius 3 is 2.47 bits per heavy atom. The van der Waals surface area contributed by atoms with Gasteiger partial charge in [-0.3, -0.25) is 9.10 Å². The number of benzene rings is 3. The van der Waals surface area contributed by atoms with Crippen LogP contribution in [-0.2, 0) is 14.8 Å². The van der Waals surface area contributed by atoms with Crippen LogP contribution in [0.15, 0.2) is 78.2 Å². The Morgan fingerprint density at radius 1 is 1.06 bits per heavy atom. The summed E-state index contributed by atoms with van der Waals surface area (Å²) in [6.07, 6.45) is 3.08. The topological polar surface area (TPSA) is 88.4 Å². The number of nitrogens with zero attached hydrogens (tertiary/aromatic N) is 5. The second kappa shape index (κ2) is 7.45. The van der Waals surface area contributed by atoms with E-state index < -0.39 is 10.0 Å². The summed E-state index contributed by atoms with van der Waals surface area (Å²) in [4.78, 5) is 18.9. The lowest BCUT2D eigenvalue weighted by Crippen LogP contribution is -2.40. The third-order valence-electron chi connectivity index (χ3n) is 5.99. The zero-order valence-corrected chi connectivity index (χ0v) is 18.4. The molecule has 9 heteroatoms. The summed E-state index contributed by atoms with van der Waals surface area (Å²) in [6.45, 7) is 1.66. The van der Waals surface area contributed by atoms with E-state index in [1.165, 1.54) is 10.6 Å². The number of sulfonamides is 1. The molecule has 0 radical (unpaired) electrons. The first-order valence-corrected chi connectivity index (χ1v) is 11.6. The molecule has 8 nitrogen and oxygen atoms in total. The van der Waals surface area contributed by atoms with Crippen LogP contribution in [0.5, 0.6) is 0 Å². The van der Waals surface area contributed by atoms with Crippen LogP contribution in [0.4, 0.5) is 5.69 Å². The monoisotopic (exact) mass is 447 g/mol. The lowest BCUT2D eigenvalue weighted by molar-refractivity contribution is -0.130. The zero-order valence-electron chi connectivity index (χ0n) is 17.6. The van der Waals surface area contributed by atoms with Crippen LogP contribution < -0.4 is 4.31 Å². The Bertz CT molecular complexity index is 1410. The van der Waals surface area contributed by atoms with E-state index in [4.69, 9.17) is 0 Å². The molecule has 162 valence electrons. The van der Waals surface area contributed by atoms with Gasteiger partial charge in [-0.15, -0.1) is 0 Å². The molecular weight excluding hydrogens is 426 g/mol. The van der Waals surface area contributed by atoms with Gasteiger partial charge in [0.2, 0.25) is 5.91 Å². The summed E-state index contributed by atoms with van der Waals surface area (Å²) in [5.74, 6) is -0.286. The highest BCUT2D eigenvalue weighted by Gasteiger charge is 2.37. The van der Waals surface area contributed by atoms with Crippen molar-refractivity contribution in [2.24, 2.45) is 0 Å². The number of carbonyl (C=O) groups is 1. The fourth-order valence-corrected chi connectivity index (χ4v) is 5.71. The summed E-state index contributed by atoms with van der Waals surface area (Å²) in [6, 6.07) is 18.0. The molecule has 1 unspecified atom stereocenters. The standard InChI is InChI=1S/C23H21N5O3S/c1-16(17-9-11-19(12-10-17)27-15-24-14-25-27)26(2)22(29)13-28-20-7-3-5-18-6-4-8-21(23(18)20)32(28,30)31/h3-12,14-16H,13H2,1-2H3. The van der Waals surface area contributed by atoms with E-state index in [0.717, 1.165) is 16.6 Å². The predicted molar refractivity (Wildman–Crippen MR) is 121 cm³/mol. The highest BCUT2D eigenvalue weighted by molar-refractivity contribution is 7.93. The quantitative estimate of drug-likeness (QED) is 0.469. The molecule has 0 aliphatic carbocycles. The van der Waals surface area contributed by atoms with Crippen molar-refractivity contribution in [1.29, 1.82) is 0 Å². The minimum atomic E-state index is -3.78. The van der Waals surface area contributed by atoms with Crippen molar-refractivity contribution >= 4 is 32.4 Å². The van der Waals surface area contributed by atoms with E-state index in [1.54, 1.807) is 41.2 Å². The van der Waals surface area contributed by atoms with Gasteiger partial charge in [0.1, 0.15) is 19.2 Å². The molecule has 0 N–H and O–H groups in total. The molecular formula is C23H21N5O3S. The van der Waals surface area contributed by atoms with Gasteiger partial charge in [0, 0.05) is 12.4 Å². The molecule has 3 aromatic carbocycles. The summed E-state index contributed by atoms with van der Waals surface area (Å²) >= 11 is 0. The summed E-state index contributed by atoms with van der Waals surface area (Å²) in [5.41, 5.74) is 2.34. The average Bonchev–Trinajstić information content (AvgIpc) is 3.42. The Kier molecular flexibility index (Phi) is 4.70. The number of carbonyl (C=O) groups excluding carboxylic acids is 1. The lowest BCUT2D eigenvalue weighted by Gasteiger charge is -2.28. The van der Waals surface area contributed by atoms with E-state index in [-0.39, 0.29) is 23.4 Å². The first kappa shape index (κ1) is 20.2. The molecule has 1 aliphatic rings. The molecule has 2 heterocycles. The Labute approximate surface area is 185 Å². The van der Waals surface area contributed by atoms with Gasteiger partial charge >= 0.3 is 0 Å². The minimum Gasteiger partial charge on any atom is -0.337 e. The molecule has 5 rings (SSSR count). The van der Waals surface area contributed by atoms with Gasteiger partial charge < -0.3 is 4.90 Å². The maximum absolute atomic E-state index is 13.2. The van der Waals surface area contributed by atoms with Crippen LogP contribution in [0.2, 0.25) is 0 Å². The molecule has 1 aliphatic heterocycles. The molecule has 0 spiro atoms. The second-order valence-electron chi connectivity index (χ2n) is 7.76. The smallest absolute Gasteiger partial charge is 0.265 e. The number of amides is 1. The highest BCUT2D eigenvalue weighted by Crippen LogP contribution is 2.41. The average molecular weight is 448 g/mol. The van der Waals surface area contributed by atoms with Gasteiger partial charge in [-0.1, -0.05) is 36.4 Å². The first-order valence-electron chi connectivity index (χ1n) is 10.1. The van der Waals surface area contributed by atoms with E-state index in [2.05, 4.69) is 10.1 Å². The van der Waals surface area contributed by atoms with E-state index >= 15 is 0 Å². The molecule has 4 aromatic rings. The van der Waals surface area contributed by atoms with Crippen molar-refractivity contribution in [3.8, 4) is 5.69 Å². The third-order valence-corrected chi connectivity index (χ3v) is 7.80. The maximum atomic E-state index is 13.2. The van der Waals surface area contributed by atoms with Gasteiger partial charge in [-0.25, -0.2) is 18.1 Å². The predicted octanol–water partition coefficient (Wildman–Crippen LogP) is 3.15. The van der Waals surface area contributed by atoms with Crippen molar-refractivity contribution in [2.75, 3.05) is 17.9 Å². The summed E-state index contributed by atoms with van der Waals surface area (Å²) < 4.78 is 29.2. The number of hydrogen-bond acceptors (Lipinski definition) is 5. The Hall–Kier alpha value is -3.72. The minimum absolute atomic E-state index is 0.240. The lowest BCUT2D eigenvalue weighted by atomic mass is 10.1. The Morgan fingerprint density at radius 2 is 1.78 bits per heavy atom. The number of rotatable bonds is 5. The van der Waals surface area contributed by atoms with Crippen molar-refractivity contribution < 1.29 is 13.2 Å². The van der Waals surface area contributed by atoms with Gasteiger partial charge in [0.05, 0.1) is 22.3 Å². The molecule has 1 atom stereocenters. The largest absolute Gasteiger partial charge is 0.337 e. The van der Waals surface area contributed by atoms with Crippen LogP contribution in [0, 0.1) is 0 Å². The number of likely N-dealkylation sites (N-methyl/N-ethyl adjacent to an activating group) is 1.